The summed E-state index contributed by atoms with van der Waals surface area (Å²) in [5.74, 6) is -0.684. The molecule has 0 spiro atoms. The number of alkyl halides is 3. The number of hydrogen-bond donors (Lipinski definition) is 0. The van der Waals surface area contributed by atoms with Gasteiger partial charge in [0.05, 0.1) is 16.6 Å². The van der Waals surface area contributed by atoms with E-state index >= 15 is 0 Å². The highest BCUT2D eigenvalue weighted by molar-refractivity contribution is 9.10. The zero-order chi connectivity index (χ0) is 13.7. The van der Waals surface area contributed by atoms with Gasteiger partial charge in [0.15, 0.2) is 0 Å². The van der Waals surface area contributed by atoms with Gasteiger partial charge in [-0.3, -0.25) is 0 Å². The SMILES string of the molecule is CCOC(=O)c1cc(CBr)cc(OC(F)F)c1Br. The molecule has 0 unspecified atom stereocenters. The Labute approximate surface area is 120 Å². The zero-order valence-corrected chi connectivity index (χ0v) is 12.6. The smallest absolute Gasteiger partial charge is 0.387 e. The van der Waals surface area contributed by atoms with Gasteiger partial charge in [0.2, 0.25) is 0 Å². The standard InChI is InChI=1S/C11H10Br2F2O3/c1-2-17-10(16)7-3-6(5-12)4-8(9(7)13)18-11(14)15/h3-4,11H,2,5H2,1H3. The van der Waals surface area contributed by atoms with Crippen LogP contribution in [0.1, 0.15) is 22.8 Å². The van der Waals surface area contributed by atoms with Crippen molar-refractivity contribution in [2.45, 2.75) is 18.9 Å². The van der Waals surface area contributed by atoms with Crippen molar-refractivity contribution in [1.29, 1.82) is 0 Å². The minimum atomic E-state index is -2.96. The van der Waals surface area contributed by atoms with Crippen molar-refractivity contribution in [2.75, 3.05) is 6.61 Å². The van der Waals surface area contributed by atoms with E-state index in [-0.39, 0.29) is 22.4 Å². The largest absolute Gasteiger partial charge is 0.462 e. The minimum Gasteiger partial charge on any atom is -0.462 e. The van der Waals surface area contributed by atoms with E-state index in [1.54, 1.807) is 13.0 Å². The van der Waals surface area contributed by atoms with Crippen LogP contribution in [-0.4, -0.2) is 19.2 Å². The number of ether oxygens (including phenoxy) is 2. The summed E-state index contributed by atoms with van der Waals surface area (Å²) in [5.41, 5.74) is 0.793. The molecule has 0 amide bonds. The normalized spacial score (nSPS) is 10.6. The van der Waals surface area contributed by atoms with Crippen molar-refractivity contribution in [3.05, 3.63) is 27.7 Å². The maximum absolute atomic E-state index is 12.2. The van der Waals surface area contributed by atoms with Crippen LogP contribution in [0.25, 0.3) is 0 Å². The summed E-state index contributed by atoms with van der Waals surface area (Å²) in [6, 6.07) is 2.98. The number of carbonyl (C=O) groups is 1. The zero-order valence-electron chi connectivity index (χ0n) is 9.38. The molecule has 0 aliphatic rings. The first-order valence-electron chi connectivity index (χ1n) is 4.99. The fourth-order valence-electron chi connectivity index (χ4n) is 1.27. The van der Waals surface area contributed by atoms with Crippen LogP contribution >= 0.6 is 31.9 Å². The topological polar surface area (TPSA) is 35.5 Å². The van der Waals surface area contributed by atoms with Crippen LogP contribution in [0.15, 0.2) is 16.6 Å². The molecular formula is C11H10Br2F2O3. The molecule has 0 radical (unpaired) electrons. The van der Waals surface area contributed by atoms with Gasteiger partial charge in [-0.15, -0.1) is 0 Å². The molecule has 100 valence electrons. The van der Waals surface area contributed by atoms with Gasteiger partial charge >= 0.3 is 12.6 Å². The van der Waals surface area contributed by atoms with Gasteiger partial charge in [-0.2, -0.15) is 8.78 Å². The molecule has 1 aromatic carbocycles. The first kappa shape index (κ1) is 15.4. The van der Waals surface area contributed by atoms with E-state index in [2.05, 4.69) is 36.6 Å². The molecule has 0 aliphatic carbocycles. The Kier molecular flexibility index (Phi) is 6.01. The Balaban J connectivity index is 3.20. The van der Waals surface area contributed by atoms with Crippen LogP contribution in [0.4, 0.5) is 8.78 Å². The van der Waals surface area contributed by atoms with Crippen molar-refractivity contribution in [3.63, 3.8) is 0 Å². The van der Waals surface area contributed by atoms with Crippen LogP contribution in [0.2, 0.25) is 0 Å². The monoisotopic (exact) mass is 386 g/mol. The lowest BCUT2D eigenvalue weighted by Gasteiger charge is -2.12. The van der Waals surface area contributed by atoms with Crippen LogP contribution in [0.5, 0.6) is 5.75 Å². The summed E-state index contributed by atoms with van der Waals surface area (Å²) in [7, 11) is 0. The number of carbonyl (C=O) groups excluding carboxylic acids is 1. The molecule has 0 bridgehead atoms. The lowest BCUT2D eigenvalue weighted by Crippen LogP contribution is -2.09. The average Bonchev–Trinajstić information content (AvgIpc) is 2.31. The van der Waals surface area contributed by atoms with Crippen LogP contribution < -0.4 is 4.74 Å². The van der Waals surface area contributed by atoms with Gasteiger partial charge in [-0.25, -0.2) is 4.79 Å². The maximum atomic E-state index is 12.2. The third kappa shape index (κ3) is 3.91. The van der Waals surface area contributed by atoms with Crippen molar-refractivity contribution >= 4 is 37.8 Å². The third-order valence-electron chi connectivity index (χ3n) is 1.96. The lowest BCUT2D eigenvalue weighted by molar-refractivity contribution is -0.0504. The molecule has 18 heavy (non-hydrogen) atoms. The highest BCUT2D eigenvalue weighted by atomic mass is 79.9. The molecule has 0 aliphatic heterocycles. The minimum absolute atomic E-state index is 0.0926. The predicted molar refractivity (Wildman–Crippen MR) is 69.4 cm³/mol. The van der Waals surface area contributed by atoms with Gasteiger partial charge in [0, 0.05) is 5.33 Å². The summed E-state index contributed by atoms with van der Waals surface area (Å²) < 4.78 is 33.8. The molecule has 0 saturated heterocycles. The fraction of sp³-hybridized carbons (Fsp3) is 0.364. The maximum Gasteiger partial charge on any atom is 0.387 e. The summed E-state index contributed by atoms with van der Waals surface area (Å²) in [6.07, 6.45) is 0. The van der Waals surface area contributed by atoms with Crippen LogP contribution in [0.3, 0.4) is 0 Å². The second kappa shape index (κ2) is 7.04. The van der Waals surface area contributed by atoms with Crippen molar-refractivity contribution in [2.24, 2.45) is 0 Å². The van der Waals surface area contributed by atoms with Crippen LogP contribution in [0, 0.1) is 0 Å². The van der Waals surface area contributed by atoms with E-state index in [1.165, 1.54) is 6.07 Å². The second-order valence-corrected chi connectivity index (χ2v) is 4.54. The van der Waals surface area contributed by atoms with Crippen molar-refractivity contribution in [3.8, 4) is 5.75 Å². The van der Waals surface area contributed by atoms with Crippen molar-refractivity contribution in [1.82, 2.24) is 0 Å². The highest BCUT2D eigenvalue weighted by Gasteiger charge is 2.18. The van der Waals surface area contributed by atoms with Gasteiger partial charge in [-0.05, 0) is 40.5 Å². The molecule has 0 atom stereocenters. The molecule has 0 fully saturated rings. The Morgan fingerprint density at radius 1 is 1.44 bits per heavy atom. The van der Waals surface area contributed by atoms with Gasteiger partial charge < -0.3 is 9.47 Å². The molecule has 7 heteroatoms. The first-order valence-corrected chi connectivity index (χ1v) is 6.91. The predicted octanol–water partition coefficient (Wildman–Crippen LogP) is 4.12. The van der Waals surface area contributed by atoms with E-state index in [1.807, 2.05) is 0 Å². The first-order chi connectivity index (χ1) is 8.49. The Bertz CT molecular complexity index is 439. The molecule has 1 aromatic rings. The molecule has 3 nitrogen and oxygen atoms in total. The molecule has 0 heterocycles. The number of rotatable bonds is 5. The Morgan fingerprint density at radius 3 is 2.61 bits per heavy atom. The van der Waals surface area contributed by atoms with E-state index in [0.29, 0.717) is 10.9 Å². The molecule has 1 rings (SSSR count). The van der Waals surface area contributed by atoms with E-state index in [0.717, 1.165) is 0 Å². The van der Waals surface area contributed by atoms with Gasteiger partial charge in [0.25, 0.3) is 0 Å². The summed E-state index contributed by atoms with van der Waals surface area (Å²) in [5, 5.41) is 0.409. The molecular weight excluding hydrogens is 378 g/mol. The van der Waals surface area contributed by atoms with Gasteiger partial charge in [0.1, 0.15) is 5.75 Å². The lowest BCUT2D eigenvalue weighted by atomic mass is 10.1. The summed E-state index contributed by atoms with van der Waals surface area (Å²) >= 11 is 6.26. The third-order valence-corrected chi connectivity index (χ3v) is 3.43. The summed E-state index contributed by atoms with van der Waals surface area (Å²) in [6.45, 7) is -1.09. The number of benzene rings is 1. The van der Waals surface area contributed by atoms with Crippen LogP contribution in [-0.2, 0) is 10.1 Å². The van der Waals surface area contributed by atoms with E-state index in [9.17, 15) is 13.6 Å². The molecule has 0 aromatic heterocycles. The quantitative estimate of drug-likeness (QED) is 0.563. The number of halogens is 4. The van der Waals surface area contributed by atoms with Gasteiger partial charge in [-0.1, -0.05) is 15.9 Å². The average molecular weight is 388 g/mol. The fourth-order valence-corrected chi connectivity index (χ4v) is 2.08. The Hall–Kier alpha value is -0.690. The Morgan fingerprint density at radius 2 is 2.11 bits per heavy atom. The second-order valence-electron chi connectivity index (χ2n) is 3.19. The summed E-state index contributed by atoms with van der Waals surface area (Å²) in [4.78, 5) is 11.7. The highest BCUT2D eigenvalue weighted by Crippen LogP contribution is 2.32. The number of esters is 1. The van der Waals surface area contributed by atoms with Crippen molar-refractivity contribution < 1.29 is 23.0 Å². The van der Waals surface area contributed by atoms with E-state index < -0.39 is 12.6 Å². The molecule has 0 N–H and O–H groups in total. The molecule has 0 saturated carbocycles. The van der Waals surface area contributed by atoms with E-state index in [4.69, 9.17) is 4.74 Å². The number of hydrogen-bond acceptors (Lipinski definition) is 3.